The van der Waals surface area contributed by atoms with Crippen LogP contribution in [0.2, 0.25) is 0 Å². The highest BCUT2D eigenvalue weighted by Crippen LogP contribution is 2.14. The lowest BCUT2D eigenvalue weighted by atomic mass is 10.3. The largest absolute Gasteiger partial charge is 0.497 e. The molecule has 8 heteroatoms. The number of hydrogen-bond acceptors (Lipinski definition) is 7. The lowest BCUT2D eigenvalue weighted by Gasteiger charge is -2.04. The van der Waals surface area contributed by atoms with E-state index in [0.29, 0.717) is 11.4 Å². The zero-order chi connectivity index (χ0) is 15.7. The number of rotatable bonds is 5. The number of hydrazone groups is 1. The van der Waals surface area contributed by atoms with E-state index in [0.717, 1.165) is 0 Å². The van der Waals surface area contributed by atoms with E-state index in [1.54, 1.807) is 37.3 Å². The molecule has 0 aromatic heterocycles. The molecule has 2 amide bonds. The second-order valence-corrected chi connectivity index (χ2v) is 3.59. The molecule has 1 aromatic carbocycles. The lowest BCUT2D eigenvalue weighted by Crippen LogP contribution is -2.36. The fourth-order valence-corrected chi connectivity index (χ4v) is 1.23. The fourth-order valence-electron chi connectivity index (χ4n) is 1.23. The Morgan fingerprint density at radius 2 is 2.00 bits per heavy atom. The first kappa shape index (κ1) is 16.0. The Labute approximate surface area is 121 Å². The molecule has 0 unspecified atom stereocenters. The summed E-state index contributed by atoms with van der Waals surface area (Å²) in [6, 6.07) is 8.26. The smallest absolute Gasteiger partial charge is 0.414 e. The van der Waals surface area contributed by atoms with E-state index in [-0.39, 0.29) is 6.61 Å². The van der Waals surface area contributed by atoms with Gasteiger partial charge in [0.05, 0.1) is 19.4 Å². The van der Waals surface area contributed by atoms with Gasteiger partial charge in [0.15, 0.2) is 0 Å². The van der Waals surface area contributed by atoms with Crippen molar-refractivity contribution in [2.45, 2.75) is 6.92 Å². The SMILES string of the molecule is CCOC(=O)NC(=O)/C(C#N)=N\Nc1ccc(OC)cc1. The van der Waals surface area contributed by atoms with Gasteiger partial charge in [-0.3, -0.25) is 15.5 Å². The zero-order valence-corrected chi connectivity index (χ0v) is 11.5. The Morgan fingerprint density at radius 1 is 1.33 bits per heavy atom. The van der Waals surface area contributed by atoms with Crippen LogP contribution in [0.5, 0.6) is 5.75 Å². The van der Waals surface area contributed by atoms with Crippen molar-refractivity contribution < 1.29 is 19.1 Å². The number of imide groups is 1. The standard InChI is InChI=1S/C13H14N4O4/c1-3-21-13(19)15-12(18)11(8-14)17-16-9-4-6-10(20-2)7-5-9/h4-7,16H,3H2,1-2H3,(H,15,18,19)/b17-11-. The highest BCUT2D eigenvalue weighted by molar-refractivity contribution is 6.46. The van der Waals surface area contributed by atoms with Crippen molar-refractivity contribution in [3.05, 3.63) is 24.3 Å². The molecular formula is C13H14N4O4. The summed E-state index contributed by atoms with van der Waals surface area (Å²) in [7, 11) is 1.54. The minimum absolute atomic E-state index is 0.113. The van der Waals surface area contributed by atoms with Gasteiger partial charge in [0.1, 0.15) is 11.8 Å². The quantitative estimate of drug-likeness (QED) is 0.623. The van der Waals surface area contributed by atoms with Crippen LogP contribution in [0.25, 0.3) is 0 Å². The molecule has 0 aliphatic rings. The summed E-state index contributed by atoms with van der Waals surface area (Å²) in [5.41, 5.74) is 2.58. The Bertz CT molecular complexity index is 575. The number of hydrogen-bond donors (Lipinski definition) is 2. The van der Waals surface area contributed by atoms with Gasteiger partial charge >= 0.3 is 6.09 Å². The van der Waals surface area contributed by atoms with E-state index in [1.807, 2.05) is 5.32 Å². The molecule has 8 nitrogen and oxygen atoms in total. The van der Waals surface area contributed by atoms with Crippen LogP contribution in [0.3, 0.4) is 0 Å². The van der Waals surface area contributed by atoms with Crippen molar-refractivity contribution in [2.75, 3.05) is 19.1 Å². The number of carbonyl (C=O) groups excluding carboxylic acids is 2. The third-order valence-corrected chi connectivity index (χ3v) is 2.20. The number of nitrogens with zero attached hydrogens (tertiary/aromatic N) is 2. The van der Waals surface area contributed by atoms with Crippen LogP contribution in [0.1, 0.15) is 6.92 Å². The monoisotopic (exact) mass is 290 g/mol. The number of anilines is 1. The molecule has 1 aromatic rings. The molecule has 0 aliphatic carbocycles. The highest BCUT2D eigenvalue weighted by atomic mass is 16.5. The normalized spacial score (nSPS) is 10.2. The summed E-state index contributed by atoms with van der Waals surface area (Å²) in [6.07, 6.45) is -0.935. The number of nitriles is 1. The summed E-state index contributed by atoms with van der Waals surface area (Å²) >= 11 is 0. The van der Waals surface area contributed by atoms with Crippen molar-refractivity contribution in [3.63, 3.8) is 0 Å². The van der Waals surface area contributed by atoms with E-state index in [1.165, 1.54) is 7.11 Å². The maximum absolute atomic E-state index is 11.6. The molecule has 21 heavy (non-hydrogen) atoms. The number of amides is 2. The van der Waals surface area contributed by atoms with Gasteiger partial charge in [0, 0.05) is 0 Å². The van der Waals surface area contributed by atoms with Crippen molar-refractivity contribution in [1.82, 2.24) is 5.32 Å². The minimum Gasteiger partial charge on any atom is -0.497 e. The summed E-state index contributed by atoms with van der Waals surface area (Å²) in [6.45, 7) is 1.71. The topological polar surface area (TPSA) is 113 Å². The molecule has 0 saturated heterocycles. The molecule has 0 aliphatic heterocycles. The molecule has 1 rings (SSSR count). The lowest BCUT2D eigenvalue weighted by molar-refractivity contribution is -0.114. The maximum Gasteiger partial charge on any atom is 0.414 e. The number of alkyl carbamates (subject to hydrolysis) is 1. The van der Waals surface area contributed by atoms with Crippen LogP contribution in [0, 0.1) is 11.3 Å². The van der Waals surface area contributed by atoms with E-state index < -0.39 is 17.7 Å². The Hall–Kier alpha value is -3.08. The van der Waals surface area contributed by atoms with Crippen molar-refractivity contribution >= 4 is 23.4 Å². The second-order valence-electron chi connectivity index (χ2n) is 3.59. The molecule has 0 radical (unpaired) electrons. The Morgan fingerprint density at radius 3 is 2.52 bits per heavy atom. The number of methoxy groups -OCH3 is 1. The summed E-state index contributed by atoms with van der Waals surface area (Å²) in [4.78, 5) is 22.6. The summed E-state index contributed by atoms with van der Waals surface area (Å²) < 4.78 is 9.52. The van der Waals surface area contributed by atoms with Gasteiger partial charge in [-0.05, 0) is 31.2 Å². The first-order chi connectivity index (χ1) is 10.1. The predicted molar refractivity (Wildman–Crippen MR) is 74.8 cm³/mol. The minimum atomic E-state index is -0.947. The summed E-state index contributed by atoms with van der Waals surface area (Å²) in [5, 5.41) is 14.3. The third-order valence-electron chi connectivity index (χ3n) is 2.20. The van der Waals surface area contributed by atoms with Gasteiger partial charge in [-0.15, -0.1) is 0 Å². The van der Waals surface area contributed by atoms with Gasteiger partial charge in [-0.1, -0.05) is 0 Å². The van der Waals surface area contributed by atoms with E-state index >= 15 is 0 Å². The van der Waals surface area contributed by atoms with Crippen molar-refractivity contribution in [2.24, 2.45) is 5.10 Å². The van der Waals surface area contributed by atoms with Crippen molar-refractivity contribution in [3.8, 4) is 11.8 Å². The Kier molecular flexibility index (Phi) is 6.21. The third kappa shape index (κ3) is 5.20. The van der Waals surface area contributed by atoms with Gasteiger partial charge in [-0.2, -0.15) is 10.4 Å². The molecule has 0 spiro atoms. The molecule has 0 atom stereocenters. The number of carbonyl (C=O) groups is 2. The molecule has 0 fully saturated rings. The summed E-state index contributed by atoms with van der Waals surface area (Å²) in [5.74, 6) is -0.290. The predicted octanol–water partition coefficient (Wildman–Crippen LogP) is 1.26. The zero-order valence-electron chi connectivity index (χ0n) is 11.5. The van der Waals surface area contributed by atoms with Crippen molar-refractivity contribution in [1.29, 1.82) is 5.26 Å². The molecule has 110 valence electrons. The van der Waals surface area contributed by atoms with Crippen LogP contribution in [-0.2, 0) is 9.53 Å². The first-order valence-corrected chi connectivity index (χ1v) is 5.96. The Balaban J connectivity index is 2.68. The number of nitrogens with one attached hydrogen (secondary N) is 2. The average Bonchev–Trinajstić information content (AvgIpc) is 2.48. The fraction of sp³-hybridized carbons (Fsp3) is 0.231. The second kappa shape index (κ2) is 8.16. The van der Waals surface area contributed by atoms with E-state index in [4.69, 9.17) is 10.00 Å². The van der Waals surface area contributed by atoms with E-state index in [2.05, 4.69) is 15.3 Å². The van der Waals surface area contributed by atoms with E-state index in [9.17, 15) is 9.59 Å². The molecular weight excluding hydrogens is 276 g/mol. The van der Waals surface area contributed by atoms with Crippen LogP contribution >= 0.6 is 0 Å². The molecule has 2 N–H and O–H groups in total. The van der Waals surface area contributed by atoms with Crippen LogP contribution < -0.4 is 15.5 Å². The molecule has 0 saturated carbocycles. The van der Waals surface area contributed by atoms with Gasteiger partial charge in [0.2, 0.25) is 5.71 Å². The number of benzene rings is 1. The first-order valence-electron chi connectivity index (χ1n) is 5.96. The molecule has 0 heterocycles. The average molecular weight is 290 g/mol. The van der Waals surface area contributed by atoms with Crippen LogP contribution in [0.4, 0.5) is 10.5 Å². The van der Waals surface area contributed by atoms with Gasteiger partial charge in [0.25, 0.3) is 5.91 Å². The number of ether oxygens (including phenoxy) is 2. The highest BCUT2D eigenvalue weighted by Gasteiger charge is 2.15. The molecule has 0 bridgehead atoms. The van der Waals surface area contributed by atoms with Crippen LogP contribution in [-0.4, -0.2) is 31.4 Å². The van der Waals surface area contributed by atoms with Gasteiger partial charge in [-0.25, -0.2) is 4.79 Å². The van der Waals surface area contributed by atoms with Gasteiger partial charge < -0.3 is 9.47 Å². The maximum atomic E-state index is 11.6. The van der Waals surface area contributed by atoms with Crippen LogP contribution in [0.15, 0.2) is 29.4 Å².